The van der Waals surface area contributed by atoms with Crippen LogP contribution in [0.4, 0.5) is 0 Å². The molecule has 0 saturated carbocycles. The fraction of sp³-hybridized carbons (Fsp3) is 0.750. The van der Waals surface area contributed by atoms with Crippen molar-refractivity contribution >= 4 is 17.6 Å². The highest BCUT2D eigenvalue weighted by molar-refractivity contribution is 6.18. The number of hydrogen-bond acceptors (Lipinski definition) is 4. The molecule has 1 N–H and O–H groups in total. The summed E-state index contributed by atoms with van der Waals surface area (Å²) in [5, 5.41) is 8.76. The SMILES string of the molecule is C=CC(=O)OCC(O)CCl.CCN(CC)CC. The topological polar surface area (TPSA) is 49.8 Å². The van der Waals surface area contributed by atoms with E-state index in [0.717, 1.165) is 6.08 Å². The molecular formula is C12H24ClNO3. The van der Waals surface area contributed by atoms with Gasteiger partial charge in [0.15, 0.2) is 0 Å². The molecule has 0 saturated heterocycles. The van der Waals surface area contributed by atoms with Crippen molar-refractivity contribution in [1.82, 2.24) is 4.90 Å². The van der Waals surface area contributed by atoms with E-state index in [1.807, 2.05) is 0 Å². The van der Waals surface area contributed by atoms with Crippen LogP contribution in [0, 0.1) is 0 Å². The van der Waals surface area contributed by atoms with Crippen LogP contribution in [0.5, 0.6) is 0 Å². The Morgan fingerprint density at radius 2 is 1.88 bits per heavy atom. The van der Waals surface area contributed by atoms with E-state index in [1.54, 1.807) is 0 Å². The Labute approximate surface area is 109 Å². The summed E-state index contributed by atoms with van der Waals surface area (Å²) in [7, 11) is 0. The predicted molar refractivity (Wildman–Crippen MR) is 71.3 cm³/mol. The fourth-order valence-electron chi connectivity index (χ4n) is 0.953. The molecule has 0 aromatic heterocycles. The number of hydrogen-bond donors (Lipinski definition) is 1. The van der Waals surface area contributed by atoms with Gasteiger partial charge in [0, 0.05) is 6.08 Å². The van der Waals surface area contributed by atoms with Crippen molar-refractivity contribution in [1.29, 1.82) is 0 Å². The number of carbonyl (C=O) groups is 1. The lowest BCUT2D eigenvalue weighted by molar-refractivity contribution is -0.140. The van der Waals surface area contributed by atoms with E-state index < -0.39 is 12.1 Å². The first kappa shape index (κ1) is 18.8. The normalized spacial score (nSPS) is 11.4. The van der Waals surface area contributed by atoms with Gasteiger partial charge in [0.2, 0.25) is 0 Å². The van der Waals surface area contributed by atoms with Gasteiger partial charge >= 0.3 is 5.97 Å². The molecule has 0 aromatic carbocycles. The van der Waals surface area contributed by atoms with Crippen LogP contribution in [0.2, 0.25) is 0 Å². The van der Waals surface area contributed by atoms with Crippen LogP contribution in [0.15, 0.2) is 12.7 Å². The zero-order valence-corrected chi connectivity index (χ0v) is 11.7. The van der Waals surface area contributed by atoms with Crippen LogP contribution in [-0.4, -0.2) is 54.2 Å². The summed E-state index contributed by atoms with van der Waals surface area (Å²) in [5.41, 5.74) is 0. The number of ether oxygens (including phenoxy) is 1. The maximum atomic E-state index is 10.3. The van der Waals surface area contributed by atoms with Crippen LogP contribution >= 0.6 is 11.6 Å². The van der Waals surface area contributed by atoms with E-state index in [4.69, 9.17) is 16.7 Å². The Bertz CT molecular complexity index is 191. The summed E-state index contributed by atoms with van der Waals surface area (Å²) in [4.78, 5) is 12.7. The Kier molecular flexibility index (Phi) is 14.9. The number of rotatable bonds is 7. The Hall–Kier alpha value is -0.580. The molecule has 0 aliphatic rings. The third-order valence-corrected chi connectivity index (χ3v) is 2.46. The number of carbonyl (C=O) groups excluding carboxylic acids is 1. The minimum absolute atomic E-state index is 0.0599. The van der Waals surface area contributed by atoms with E-state index in [1.165, 1.54) is 19.6 Å². The van der Waals surface area contributed by atoms with E-state index >= 15 is 0 Å². The highest BCUT2D eigenvalue weighted by Gasteiger charge is 2.03. The van der Waals surface area contributed by atoms with Crippen LogP contribution in [0.1, 0.15) is 20.8 Å². The molecular weight excluding hydrogens is 242 g/mol. The second-order valence-corrected chi connectivity index (χ2v) is 3.57. The predicted octanol–water partition coefficient (Wildman–Crippen LogP) is 1.66. The van der Waals surface area contributed by atoms with Crippen molar-refractivity contribution in [2.24, 2.45) is 0 Å². The van der Waals surface area contributed by atoms with Gasteiger partial charge in [-0.15, -0.1) is 11.6 Å². The zero-order chi connectivity index (χ0) is 13.7. The summed E-state index contributed by atoms with van der Waals surface area (Å²) >= 11 is 5.21. The van der Waals surface area contributed by atoms with E-state index in [9.17, 15) is 4.79 Å². The molecule has 1 unspecified atom stereocenters. The van der Waals surface area contributed by atoms with Crippen molar-refractivity contribution in [2.45, 2.75) is 26.9 Å². The Morgan fingerprint density at radius 3 is 2.12 bits per heavy atom. The largest absolute Gasteiger partial charge is 0.460 e. The Morgan fingerprint density at radius 1 is 1.41 bits per heavy atom. The standard InChI is InChI=1S/C6H9ClO3.C6H15N/c1-2-6(9)10-4-5(8)3-7;1-4-7(5-2)6-3/h2,5,8H,1,3-4H2;4-6H2,1-3H3. The average molecular weight is 266 g/mol. The number of halogens is 1. The molecule has 0 bridgehead atoms. The minimum Gasteiger partial charge on any atom is -0.460 e. The van der Waals surface area contributed by atoms with Crippen molar-refractivity contribution in [3.63, 3.8) is 0 Å². The first-order valence-electron chi connectivity index (χ1n) is 5.81. The second kappa shape index (κ2) is 13.5. The van der Waals surface area contributed by atoms with Crippen LogP contribution in [0.3, 0.4) is 0 Å². The number of aliphatic hydroxyl groups excluding tert-OH is 1. The van der Waals surface area contributed by atoms with Crippen LogP contribution in [0.25, 0.3) is 0 Å². The summed E-state index contributed by atoms with van der Waals surface area (Å²) in [6, 6.07) is 0. The average Bonchev–Trinajstić information content (AvgIpc) is 2.38. The zero-order valence-electron chi connectivity index (χ0n) is 11.0. The Balaban J connectivity index is 0. The molecule has 0 fully saturated rings. The lowest BCUT2D eigenvalue weighted by Gasteiger charge is -2.13. The van der Waals surface area contributed by atoms with Gasteiger partial charge in [0.1, 0.15) is 12.7 Å². The number of esters is 1. The maximum Gasteiger partial charge on any atom is 0.330 e. The van der Waals surface area contributed by atoms with Gasteiger partial charge in [0.05, 0.1) is 5.88 Å². The van der Waals surface area contributed by atoms with E-state index in [2.05, 4.69) is 37.0 Å². The molecule has 0 aliphatic heterocycles. The molecule has 0 aliphatic carbocycles. The summed E-state index contributed by atoms with van der Waals surface area (Å²) < 4.78 is 4.45. The van der Waals surface area contributed by atoms with Gasteiger partial charge in [0.25, 0.3) is 0 Å². The first-order valence-corrected chi connectivity index (χ1v) is 6.34. The van der Waals surface area contributed by atoms with Crippen LogP contribution < -0.4 is 0 Å². The number of nitrogens with zero attached hydrogens (tertiary/aromatic N) is 1. The summed E-state index contributed by atoms with van der Waals surface area (Å²) in [5.74, 6) is -0.492. The molecule has 1 atom stereocenters. The fourth-order valence-corrected chi connectivity index (χ4v) is 1.04. The number of alkyl halides is 1. The lowest BCUT2D eigenvalue weighted by Crippen LogP contribution is -2.21. The van der Waals surface area contributed by atoms with Gasteiger partial charge in [-0.05, 0) is 19.6 Å². The smallest absolute Gasteiger partial charge is 0.330 e. The molecule has 0 rings (SSSR count). The molecule has 5 heteroatoms. The van der Waals surface area contributed by atoms with Crippen molar-refractivity contribution in [3.8, 4) is 0 Å². The van der Waals surface area contributed by atoms with Gasteiger partial charge < -0.3 is 14.7 Å². The first-order chi connectivity index (χ1) is 8.05. The number of aliphatic hydroxyl groups is 1. The molecule has 102 valence electrons. The monoisotopic (exact) mass is 265 g/mol. The van der Waals surface area contributed by atoms with Crippen molar-refractivity contribution in [2.75, 3.05) is 32.1 Å². The molecule has 0 spiro atoms. The quantitative estimate of drug-likeness (QED) is 0.432. The molecule has 0 radical (unpaired) electrons. The highest BCUT2D eigenvalue weighted by atomic mass is 35.5. The van der Waals surface area contributed by atoms with E-state index in [0.29, 0.717) is 0 Å². The molecule has 0 aromatic rings. The molecule has 0 heterocycles. The van der Waals surface area contributed by atoms with Crippen LogP contribution in [-0.2, 0) is 9.53 Å². The van der Waals surface area contributed by atoms with Gasteiger partial charge in [-0.2, -0.15) is 0 Å². The highest BCUT2D eigenvalue weighted by Crippen LogP contribution is 1.89. The van der Waals surface area contributed by atoms with Gasteiger partial charge in [-0.1, -0.05) is 27.4 Å². The molecule has 17 heavy (non-hydrogen) atoms. The minimum atomic E-state index is -0.787. The lowest BCUT2D eigenvalue weighted by atomic mass is 10.4. The van der Waals surface area contributed by atoms with Gasteiger partial charge in [-0.3, -0.25) is 0 Å². The van der Waals surface area contributed by atoms with Crippen molar-refractivity contribution in [3.05, 3.63) is 12.7 Å². The molecule has 4 nitrogen and oxygen atoms in total. The molecule has 0 amide bonds. The van der Waals surface area contributed by atoms with Gasteiger partial charge in [-0.25, -0.2) is 4.79 Å². The third kappa shape index (κ3) is 13.4. The third-order valence-electron chi connectivity index (χ3n) is 2.10. The summed E-state index contributed by atoms with van der Waals surface area (Å²) in [6.07, 6.45) is 0.242. The summed E-state index contributed by atoms with van der Waals surface area (Å²) in [6.45, 7) is 13.2. The van der Waals surface area contributed by atoms with Crippen molar-refractivity contribution < 1.29 is 14.6 Å². The van der Waals surface area contributed by atoms with E-state index in [-0.39, 0.29) is 12.5 Å². The second-order valence-electron chi connectivity index (χ2n) is 3.26. The maximum absolute atomic E-state index is 10.3.